The summed E-state index contributed by atoms with van der Waals surface area (Å²) in [6.45, 7) is 4.63. The first kappa shape index (κ1) is 17.7. The Morgan fingerprint density at radius 1 is 1.12 bits per heavy atom. The van der Waals surface area contributed by atoms with Gasteiger partial charge in [-0.25, -0.2) is 9.18 Å². The molecule has 2 fully saturated rings. The van der Waals surface area contributed by atoms with Crippen molar-refractivity contribution in [2.24, 2.45) is 0 Å². The van der Waals surface area contributed by atoms with E-state index in [-0.39, 0.29) is 17.8 Å². The summed E-state index contributed by atoms with van der Waals surface area (Å²) in [6.07, 6.45) is 3.51. The van der Waals surface area contributed by atoms with E-state index in [4.69, 9.17) is 0 Å². The van der Waals surface area contributed by atoms with E-state index in [1.54, 1.807) is 11.0 Å². The van der Waals surface area contributed by atoms with E-state index in [0.29, 0.717) is 32.7 Å². The van der Waals surface area contributed by atoms with Crippen LogP contribution in [0.1, 0.15) is 38.2 Å². The fourth-order valence-electron chi connectivity index (χ4n) is 4.07. The van der Waals surface area contributed by atoms with Gasteiger partial charge >= 0.3 is 6.03 Å². The summed E-state index contributed by atoms with van der Waals surface area (Å²) in [6, 6.07) is 6.41. The molecule has 0 spiro atoms. The number of amides is 3. The van der Waals surface area contributed by atoms with Crippen LogP contribution in [0.4, 0.5) is 9.18 Å². The van der Waals surface area contributed by atoms with Crippen molar-refractivity contribution in [3.05, 3.63) is 35.6 Å². The zero-order valence-corrected chi connectivity index (χ0v) is 14.8. The molecule has 0 aromatic heterocycles. The number of halogens is 1. The van der Waals surface area contributed by atoms with Crippen LogP contribution in [-0.2, 0) is 10.2 Å². The number of piperazine rings is 1. The van der Waals surface area contributed by atoms with Crippen LogP contribution < -0.4 is 5.32 Å². The molecule has 3 amide bonds. The van der Waals surface area contributed by atoms with Gasteiger partial charge in [-0.15, -0.1) is 0 Å². The van der Waals surface area contributed by atoms with Crippen LogP contribution >= 0.6 is 0 Å². The fourth-order valence-corrected chi connectivity index (χ4v) is 4.07. The van der Waals surface area contributed by atoms with Gasteiger partial charge in [-0.3, -0.25) is 4.79 Å². The number of benzene rings is 1. The standard InChI is InChI=1S/C19H26FN3O2/c1-2-21-18(25)23-12-10-22(11-13-23)17(24)19(8-3-4-9-19)15-6-5-7-16(20)14-15/h5-7,14H,2-4,8-13H2,1H3,(H,21,25). The predicted molar refractivity (Wildman–Crippen MR) is 93.8 cm³/mol. The third kappa shape index (κ3) is 3.48. The van der Waals surface area contributed by atoms with Crippen LogP contribution in [0.3, 0.4) is 0 Å². The van der Waals surface area contributed by atoms with Crippen LogP contribution in [0.25, 0.3) is 0 Å². The van der Waals surface area contributed by atoms with Crippen LogP contribution in [0.15, 0.2) is 24.3 Å². The monoisotopic (exact) mass is 347 g/mol. The van der Waals surface area contributed by atoms with Gasteiger partial charge in [0.2, 0.25) is 5.91 Å². The number of nitrogens with zero attached hydrogens (tertiary/aromatic N) is 2. The Balaban J connectivity index is 1.74. The molecule has 1 saturated heterocycles. The van der Waals surface area contributed by atoms with Crippen LogP contribution in [0.2, 0.25) is 0 Å². The summed E-state index contributed by atoms with van der Waals surface area (Å²) in [5, 5.41) is 2.80. The zero-order chi connectivity index (χ0) is 17.9. The summed E-state index contributed by atoms with van der Waals surface area (Å²) in [5.74, 6) is -0.205. The van der Waals surface area contributed by atoms with Gasteiger partial charge in [0.25, 0.3) is 0 Å². The normalized spacial score (nSPS) is 19.8. The van der Waals surface area contributed by atoms with E-state index in [9.17, 15) is 14.0 Å². The highest BCUT2D eigenvalue weighted by Crippen LogP contribution is 2.43. The minimum atomic E-state index is -0.601. The first-order valence-corrected chi connectivity index (χ1v) is 9.15. The Labute approximate surface area is 148 Å². The molecule has 1 aliphatic heterocycles. The van der Waals surface area contributed by atoms with Crippen molar-refractivity contribution in [1.82, 2.24) is 15.1 Å². The van der Waals surface area contributed by atoms with E-state index >= 15 is 0 Å². The lowest BCUT2D eigenvalue weighted by atomic mass is 9.77. The summed E-state index contributed by atoms with van der Waals surface area (Å²) in [7, 11) is 0. The van der Waals surface area contributed by atoms with Crippen molar-refractivity contribution >= 4 is 11.9 Å². The molecule has 136 valence electrons. The van der Waals surface area contributed by atoms with Gasteiger partial charge < -0.3 is 15.1 Å². The summed E-state index contributed by atoms with van der Waals surface area (Å²) >= 11 is 0. The molecule has 1 aromatic rings. The molecule has 1 aliphatic carbocycles. The van der Waals surface area contributed by atoms with Crippen molar-refractivity contribution < 1.29 is 14.0 Å². The van der Waals surface area contributed by atoms with Gasteiger partial charge in [0, 0.05) is 32.7 Å². The smallest absolute Gasteiger partial charge is 0.317 e. The van der Waals surface area contributed by atoms with E-state index in [0.717, 1.165) is 31.2 Å². The average Bonchev–Trinajstić information content (AvgIpc) is 3.12. The van der Waals surface area contributed by atoms with Crippen molar-refractivity contribution in [1.29, 1.82) is 0 Å². The van der Waals surface area contributed by atoms with Gasteiger partial charge in [0.05, 0.1) is 5.41 Å². The van der Waals surface area contributed by atoms with Crippen molar-refractivity contribution in [3.63, 3.8) is 0 Å². The third-order valence-electron chi connectivity index (χ3n) is 5.43. The maximum Gasteiger partial charge on any atom is 0.317 e. The Kier molecular flexibility index (Phi) is 5.25. The lowest BCUT2D eigenvalue weighted by molar-refractivity contribution is -0.138. The summed E-state index contributed by atoms with van der Waals surface area (Å²) in [5.41, 5.74) is 0.191. The number of rotatable bonds is 3. The van der Waals surface area contributed by atoms with E-state index < -0.39 is 5.41 Å². The second-order valence-corrected chi connectivity index (χ2v) is 6.91. The molecule has 3 rings (SSSR count). The Morgan fingerprint density at radius 3 is 2.36 bits per heavy atom. The van der Waals surface area contributed by atoms with E-state index in [1.807, 2.05) is 17.9 Å². The number of carbonyl (C=O) groups is 2. The van der Waals surface area contributed by atoms with Gasteiger partial charge in [0.15, 0.2) is 0 Å². The molecular formula is C19H26FN3O2. The molecule has 1 saturated carbocycles. The minimum Gasteiger partial charge on any atom is -0.338 e. The molecule has 0 unspecified atom stereocenters. The molecule has 6 heteroatoms. The maximum atomic E-state index is 13.7. The van der Waals surface area contributed by atoms with Crippen molar-refractivity contribution in [2.75, 3.05) is 32.7 Å². The zero-order valence-electron chi connectivity index (χ0n) is 14.8. The number of nitrogens with one attached hydrogen (secondary N) is 1. The summed E-state index contributed by atoms with van der Waals surface area (Å²) < 4.78 is 13.7. The first-order chi connectivity index (χ1) is 12.1. The van der Waals surface area contributed by atoms with Crippen molar-refractivity contribution in [3.8, 4) is 0 Å². The Morgan fingerprint density at radius 2 is 1.76 bits per heavy atom. The maximum absolute atomic E-state index is 13.7. The number of urea groups is 1. The topological polar surface area (TPSA) is 52.7 Å². The van der Waals surface area contributed by atoms with Gasteiger partial charge in [-0.05, 0) is 37.5 Å². The first-order valence-electron chi connectivity index (χ1n) is 9.15. The Hall–Kier alpha value is -2.11. The number of hydrogen-bond donors (Lipinski definition) is 1. The second-order valence-electron chi connectivity index (χ2n) is 6.91. The molecular weight excluding hydrogens is 321 g/mol. The van der Waals surface area contributed by atoms with Crippen LogP contribution in [0, 0.1) is 5.82 Å². The highest BCUT2D eigenvalue weighted by molar-refractivity contribution is 5.89. The van der Waals surface area contributed by atoms with Gasteiger partial charge in [-0.2, -0.15) is 0 Å². The molecule has 5 nitrogen and oxygen atoms in total. The fraction of sp³-hybridized carbons (Fsp3) is 0.579. The summed E-state index contributed by atoms with van der Waals surface area (Å²) in [4.78, 5) is 28.8. The molecule has 1 heterocycles. The molecule has 25 heavy (non-hydrogen) atoms. The van der Waals surface area contributed by atoms with Gasteiger partial charge in [-0.1, -0.05) is 25.0 Å². The number of hydrogen-bond acceptors (Lipinski definition) is 2. The quantitative estimate of drug-likeness (QED) is 0.913. The lowest BCUT2D eigenvalue weighted by Crippen LogP contribution is -2.56. The third-order valence-corrected chi connectivity index (χ3v) is 5.43. The van der Waals surface area contributed by atoms with Crippen molar-refractivity contribution in [2.45, 2.75) is 38.0 Å². The lowest BCUT2D eigenvalue weighted by Gasteiger charge is -2.40. The molecule has 0 bridgehead atoms. The largest absolute Gasteiger partial charge is 0.338 e. The molecule has 2 aliphatic rings. The van der Waals surface area contributed by atoms with E-state index in [2.05, 4.69) is 5.32 Å². The highest BCUT2D eigenvalue weighted by Gasteiger charge is 2.45. The highest BCUT2D eigenvalue weighted by atomic mass is 19.1. The molecule has 1 aromatic carbocycles. The predicted octanol–water partition coefficient (Wildman–Crippen LogP) is 2.51. The van der Waals surface area contributed by atoms with E-state index in [1.165, 1.54) is 12.1 Å². The van der Waals surface area contributed by atoms with Crippen LogP contribution in [0.5, 0.6) is 0 Å². The average molecular weight is 347 g/mol. The SMILES string of the molecule is CCNC(=O)N1CCN(C(=O)C2(c3cccc(F)c3)CCCC2)CC1. The number of carbonyl (C=O) groups excluding carboxylic acids is 2. The Bertz CT molecular complexity index is 635. The molecule has 1 N–H and O–H groups in total. The minimum absolute atomic E-state index is 0.0738. The molecule has 0 radical (unpaired) electrons. The van der Waals surface area contributed by atoms with Crippen LogP contribution in [-0.4, -0.2) is 54.5 Å². The molecule has 0 atom stereocenters. The second kappa shape index (κ2) is 7.42. The van der Waals surface area contributed by atoms with Gasteiger partial charge in [0.1, 0.15) is 5.82 Å².